The van der Waals surface area contributed by atoms with E-state index in [-0.39, 0.29) is 0 Å². The Labute approximate surface area is 158 Å². The van der Waals surface area contributed by atoms with Gasteiger partial charge >= 0.3 is 0 Å². The number of rotatable bonds is 4. The lowest BCUT2D eigenvalue weighted by atomic mass is 10.0. The van der Waals surface area contributed by atoms with Gasteiger partial charge < -0.3 is 19.1 Å². The van der Waals surface area contributed by atoms with Crippen LogP contribution in [-0.2, 0) is 0 Å². The van der Waals surface area contributed by atoms with Gasteiger partial charge in [0.05, 0.1) is 25.6 Å². The first kappa shape index (κ1) is 17.0. The van der Waals surface area contributed by atoms with Crippen LogP contribution >= 0.6 is 0 Å². The lowest BCUT2D eigenvalue weighted by Gasteiger charge is -2.30. The summed E-state index contributed by atoms with van der Waals surface area (Å²) in [5, 5.41) is 7.41. The molecule has 6 heteroatoms. The summed E-state index contributed by atoms with van der Waals surface area (Å²) in [4.78, 5) is 2.05. The zero-order chi connectivity index (χ0) is 19.0. The van der Waals surface area contributed by atoms with Crippen molar-refractivity contribution in [2.75, 3.05) is 26.2 Å². The van der Waals surface area contributed by atoms with E-state index in [0.29, 0.717) is 0 Å². The van der Waals surface area contributed by atoms with Crippen LogP contribution in [0.25, 0.3) is 11.5 Å². The first-order valence-corrected chi connectivity index (χ1v) is 8.62. The Hall–Kier alpha value is -3.41. The molecule has 1 aromatic heterocycles. The highest BCUT2D eigenvalue weighted by Crippen LogP contribution is 2.44. The van der Waals surface area contributed by atoms with Crippen LogP contribution < -0.4 is 19.1 Å². The predicted molar refractivity (Wildman–Crippen MR) is 105 cm³/mol. The number of aromatic amines is 1. The van der Waals surface area contributed by atoms with E-state index in [2.05, 4.69) is 10.2 Å². The Morgan fingerprint density at radius 2 is 1.44 bits per heavy atom. The van der Waals surface area contributed by atoms with E-state index < -0.39 is 0 Å². The van der Waals surface area contributed by atoms with E-state index >= 15 is 0 Å². The molecular weight excluding hydrogens is 342 g/mol. The van der Waals surface area contributed by atoms with Crippen LogP contribution in [0.1, 0.15) is 16.8 Å². The SMILES string of the molecule is COc1ccc(C2=C(c3ccc(OC)cc3)N(C)c3n[nH]c(C)c3O2)cc1. The molecule has 0 spiro atoms. The number of hydrogen-bond donors (Lipinski definition) is 1. The van der Waals surface area contributed by atoms with E-state index in [1.807, 2.05) is 67.4 Å². The monoisotopic (exact) mass is 363 g/mol. The number of H-pyrrole nitrogens is 1. The van der Waals surface area contributed by atoms with Gasteiger partial charge in [-0.25, -0.2) is 0 Å². The maximum Gasteiger partial charge on any atom is 0.198 e. The number of nitrogens with zero attached hydrogens (tertiary/aromatic N) is 2. The minimum Gasteiger partial charge on any atom is -0.497 e. The lowest BCUT2D eigenvalue weighted by Crippen LogP contribution is -2.23. The molecule has 0 saturated heterocycles. The molecule has 27 heavy (non-hydrogen) atoms. The maximum atomic E-state index is 6.33. The molecule has 0 bridgehead atoms. The van der Waals surface area contributed by atoms with Crippen LogP contribution in [-0.4, -0.2) is 31.5 Å². The highest BCUT2D eigenvalue weighted by Gasteiger charge is 2.30. The van der Waals surface area contributed by atoms with Crippen molar-refractivity contribution in [3.8, 4) is 17.2 Å². The number of methoxy groups -OCH3 is 2. The third kappa shape index (κ3) is 2.89. The highest BCUT2D eigenvalue weighted by molar-refractivity contribution is 5.98. The molecule has 0 fully saturated rings. The molecule has 0 unspecified atom stereocenters. The van der Waals surface area contributed by atoms with Crippen molar-refractivity contribution in [1.82, 2.24) is 10.2 Å². The molecule has 0 amide bonds. The normalized spacial score (nSPS) is 13.3. The van der Waals surface area contributed by atoms with Gasteiger partial charge in [0.2, 0.25) is 0 Å². The van der Waals surface area contributed by atoms with Crippen molar-refractivity contribution in [3.63, 3.8) is 0 Å². The van der Waals surface area contributed by atoms with Crippen LogP contribution in [0, 0.1) is 6.92 Å². The number of fused-ring (bicyclic) bond motifs is 1. The van der Waals surface area contributed by atoms with E-state index in [1.54, 1.807) is 14.2 Å². The second-order valence-corrected chi connectivity index (χ2v) is 6.30. The van der Waals surface area contributed by atoms with Crippen LogP contribution in [0.3, 0.4) is 0 Å². The van der Waals surface area contributed by atoms with Crippen molar-refractivity contribution < 1.29 is 14.2 Å². The molecule has 2 aromatic carbocycles. The van der Waals surface area contributed by atoms with Gasteiger partial charge in [-0.1, -0.05) is 0 Å². The van der Waals surface area contributed by atoms with Crippen LogP contribution in [0.15, 0.2) is 48.5 Å². The van der Waals surface area contributed by atoms with Gasteiger partial charge in [-0.3, -0.25) is 5.10 Å². The highest BCUT2D eigenvalue weighted by atomic mass is 16.5. The molecular formula is C21H21N3O3. The quantitative estimate of drug-likeness (QED) is 0.757. The summed E-state index contributed by atoms with van der Waals surface area (Å²) in [6.45, 7) is 1.95. The molecule has 1 aliphatic heterocycles. The summed E-state index contributed by atoms with van der Waals surface area (Å²) in [6, 6.07) is 15.7. The molecule has 4 rings (SSSR count). The Morgan fingerprint density at radius 3 is 2.00 bits per heavy atom. The number of aryl methyl sites for hydroxylation is 1. The second-order valence-electron chi connectivity index (χ2n) is 6.30. The van der Waals surface area contributed by atoms with Gasteiger partial charge in [-0.15, -0.1) is 0 Å². The lowest BCUT2D eigenvalue weighted by molar-refractivity contribution is 0.414. The summed E-state index contributed by atoms with van der Waals surface area (Å²) in [5.41, 5.74) is 3.79. The molecule has 1 aliphatic rings. The average molecular weight is 363 g/mol. The van der Waals surface area contributed by atoms with Crippen LogP contribution in [0.5, 0.6) is 17.2 Å². The first-order chi connectivity index (χ1) is 13.1. The van der Waals surface area contributed by atoms with Gasteiger partial charge in [-0.05, 0) is 55.5 Å². The number of anilines is 1. The minimum atomic E-state index is 0.737. The number of nitrogens with one attached hydrogen (secondary N) is 1. The van der Waals surface area contributed by atoms with E-state index in [0.717, 1.165) is 51.3 Å². The summed E-state index contributed by atoms with van der Waals surface area (Å²) < 4.78 is 16.9. The fourth-order valence-electron chi connectivity index (χ4n) is 3.18. The Morgan fingerprint density at radius 1 is 0.889 bits per heavy atom. The van der Waals surface area contributed by atoms with Gasteiger partial charge in [0.15, 0.2) is 17.3 Å². The molecule has 0 saturated carbocycles. The Balaban J connectivity index is 1.88. The van der Waals surface area contributed by atoms with Gasteiger partial charge in [-0.2, -0.15) is 5.10 Å². The van der Waals surface area contributed by atoms with Crippen LogP contribution in [0.4, 0.5) is 5.82 Å². The van der Waals surface area contributed by atoms with E-state index in [9.17, 15) is 0 Å². The van der Waals surface area contributed by atoms with Crippen molar-refractivity contribution in [1.29, 1.82) is 0 Å². The smallest absolute Gasteiger partial charge is 0.198 e. The molecule has 1 N–H and O–H groups in total. The molecule has 0 atom stereocenters. The minimum absolute atomic E-state index is 0.737. The zero-order valence-corrected chi connectivity index (χ0v) is 15.7. The van der Waals surface area contributed by atoms with Crippen molar-refractivity contribution >= 4 is 17.3 Å². The van der Waals surface area contributed by atoms with Crippen molar-refractivity contribution in [2.24, 2.45) is 0 Å². The Bertz CT molecular complexity index is 989. The first-order valence-electron chi connectivity index (χ1n) is 8.62. The molecule has 6 nitrogen and oxygen atoms in total. The topological polar surface area (TPSA) is 59.6 Å². The van der Waals surface area contributed by atoms with Gasteiger partial charge in [0.1, 0.15) is 11.5 Å². The van der Waals surface area contributed by atoms with Crippen molar-refractivity contribution in [3.05, 3.63) is 65.4 Å². The zero-order valence-electron chi connectivity index (χ0n) is 15.7. The number of hydrogen-bond acceptors (Lipinski definition) is 5. The molecule has 3 aromatic rings. The summed E-state index contributed by atoms with van der Waals surface area (Å²) in [7, 11) is 5.31. The summed E-state index contributed by atoms with van der Waals surface area (Å²) >= 11 is 0. The molecule has 138 valence electrons. The third-order valence-electron chi connectivity index (χ3n) is 4.66. The molecule has 2 heterocycles. The van der Waals surface area contributed by atoms with Crippen molar-refractivity contribution in [2.45, 2.75) is 6.92 Å². The fourth-order valence-corrected chi connectivity index (χ4v) is 3.18. The van der Waals surface area contributed by atoms with Crippen LogP contribution in [0.2, 0.25) is 0 Å². The third-order valence-corrected chi connectivity index (χ3v) is 4.66. The Kier molecular flexibility index (Phi) is 4.24. The predicted octanol–water partition coefficient (Wildman–Crippen LogP) is 4.09. The largest absolute Gasteiger partial charge is 0.497 e. The summed E-state index contributed by atoms with van der Waals surface area (Å²) in [6.07, 6.45) is 0. The summed E-state index contributed by atoms with van der Waals surface area (Å²) in [5.74, 6) is 3.87. The van der Waals surface area contributed by atoms with Gasteiger partial charge in [0, 0.05) is 18.2 Å². The molecule has 0 radical (unpaired) electrons. The van der Waals surface area contributed by atoms with E-state index in [4.69, 9.17) is 14.2 Å². The second kappa shape index (κ2) is 6.72. The average Bonchev–Trinajstić information content (AvgIpc) is 3.09. The molecule has 0 aliphatic carbocycles. The number of benzene rings is 2. The fraction of sp³-hybridized carbons (Fsp3) is 0.190. The maximum absolute atomic E-state index is 6.33. The standard InChI is InChI=1S/C21H21N3O3/c1-13-19-21(23-22-13)24(2)18(14-5-9-16(25-3)10-6-14)20(27-19)15-7-11-17(26-4)12-8-15/h5-12H,1-4H3,(H,22,23). The van der Waals surface area contributed by atoms with Gasteiger partial charge in [0.25, 0.3) is 0 Å². The number of ether oxygens (including phenoxy) is 3. The van der Waals surface area contributed by atoms with E-state index in [1.165, 1.54) is 0 Å². The number of aromatic nitrogens is 2.